The van der Waals surface area contributed by atoms with Crippen LogP contribution >= 0.6 is 0 Å². The number of primary amides is 1. The van der Waals surface area contributed by atoms with Gasteiger partial charge >= 0.3 is 0 Å². The number of carbonyl (C=O) groups is 2. The fraction of sp³-hybridized carbons (Fsp3) is 0.176. The van der Waals surface area contributed by atoms with Crippen LogP contribution in [0.25, 0.3) is 0 Å². The van der Waals surface area contributed by atoms with Crippen LogP contribution in [0.2, 0.25) is 0 Å². The molecule has 120 valence electrons. The number of carbonyl (C=O) groups excluding carboxylic acids is 2. The van der Waals surface area contributed by atoms with E-state index in [-0.39, 0.29) is 17.0 Å². The minimum Gasteiger partial charge on any atom is -0.480 e. The summed E-state index contributed by atoms with van der Waals surface area (Å²) < 4.78 is 19.2. The molecule has 0 heterocycles. The zero-order valence-electron chi connectivity index (χ0n) is 12.8. The summed E-state index contributed by atoms with van der Waals surface area (Å²) in [4.78, 5) is 23.4. The maximum absolute atomic E-state index is 13.8. The van der Waals surface area contributed by atoms with Gasteiger partial charge in [-0.3, -0.25) is 9.59 Å². The van der Waals surface area contributed by atoms with Crippen molar-refractivity contribution in [1.82, 2.24) is 0 Å². The van der Waals surface area contributed by atoms with Crippen LogP contribution in [0.15, 0.2) is 42.5 Å². The third-order valence-corrected chi connectivity index (χ3v) is 3.21. The molecular weight excluding hydrogens is 299 g/mol. The second-order valence-electron chi connectivity index (χ2n) is 5.09. The molecule has 0 bridgehead atoms. The van der Waals surface area contributed by atoms with Crippen LogP contribution in [0.1, 0.15) is 22.8 Å². The van der Waals surface area contributed by atoms with Gasteiger partial charge < -0.3 is 15.8 Å². The van der Waals surface area contributed by atoms with E-state index in [4.69, 9.17) is 10.5 Å². The number of benzene rings is 2. The molecule has 2 aromatic carbocycles. The molecule has 0 aliphatic carbocycles. The van der Waals surface area contributed by atoms with Crippen LogP contribution in [0, 0.1) is 12.7 Å². The van der Waals surface area contributed by atoms with Gasteiger partial charge in [0.05, 0.1) is 11.3 Å². The van der Waals surface area contributed by atoms with Crippen molar-refractivity contribution in [2.24, 2.45) is 5.73 Å². The van der Waals surface area contributed by atoms with Gasteiger partial charge in [-0.1, -0.05) is 18.2 Å². The number of rotatable bonds is 5. The van der Waals surface area contributed by atoms with Gasteiger partial charge in [-0.2, -0.15) is 0 Å². The average Bonchev–Trinajstić information content (AvgIpc) is 2.50. The predicted octanol–water partition coefficient (Wildman–Crippen LogP) is 2.64. The Hall–Kier alpha value is -2.89. The number of anilines is 1. The van der Waals surface area contributed by atoms with E-state index in [1.165, 1.54) is 31.2 Å². The molecule has 0 saturated heterocycles. The fourth-order valence-electron chi connectivity index (χ4n) is 1.97. The normalized spacial score (nSPS) is 11.6. The maximum atomic E-state index is 13.8. The molecule has 0 saturated carbocycles. The lowest BCUT2D eigenvalue weighted by molar-refractivity contribution is -0.122. The van der Waals surface area contributed by atoms with E-state index in [0.717, 1.165) is 5.56 Å². The monoisotopic (exact) mass is 316 g/mol. The van der Waals surface area contributed by atoms with Crippen LogP contribution in [0.5, 0.6) is 5.75 Å². The van der Waals surface area contributed by atoms with Crippen molar-refractivity contribution in [1.29, 1.82) is 0 Å². The Morgan fingerprint density at radius 1 is 1.22 bits per heavy atom. The highest BCUT2D eigenvalue weighted by molar-refractivity contribution is 5.96. The molecule has 3 N–H and O–H groups in total. The molecule has 0 aromatic heterocycles. The third-order valence-electron chi connectivity index (χ3n) is 3.21. The molecule has 23 heavy (non-hydrogen) atoms. The van der Waals surface area contributed by atoms with Gasteiger partial charge in [0.2, 0.25) is 0 Å². The summed E-state index contributed by atoms with van der Waals surface area (Å²) in [6.45, 7) is 3.25. The number of ether oxygens (including phenoxy) is 1. The smallest absolute Gasteiger partial charge is 0.265 e. The first-order valence-electron chi connectivity index (χ1n) is 7.01. The topological polar surface area (TPSA) is 81.4 Å². The molecule has 6 heteroatoms. The Morgan fingerprint density at radius 2 is 1.91 bits per heavy atom. The summed E-state index contributed by atoms with van der Waals surface area (Å²) in [6.07, 6.45) is -0.934. The summed E-state index contributed by atoms with van der Waals surface area (Å²) in [5.74, 6) is -1.51. The number of nitrogens with one attached hydrogen (secondary N) is 1. The quantitative estimate of drug-likeness (QED) is 0.889. The number of amides is 2. The van der Waals surface area contributed by atoms with Crippen molar-refractivity contribution in [2.75, 3.05) is 5.32 Å². The Bertz CT molecular complexity index is 746. The van der Waals surface area contributed by atoms with E-state index in [9.17, 15) is 14.0 Å². The second kappa shape index (κ2) is 6.91. The highest BCUT2D eigenvalue weighted by Gasteiger charge is 2.19. The largest absolute Gasteiger partial charge is 0.480 e. The molecular formula is C17H17FN2O3. The van der Waals surface area contributed by atoms with Gasteiger partial charge in [-0.25, -0.2) is 4.39 Å². The molecule has 0 spiro atoms. The molecule has 1 atom stereocenters. The number of hydrogen-bond acceptors (Lipinski definition) is 3. The van der Waals surface area contributed by atoms with Gasteiger partial charge in [0.15, 0.2) is 6.10 Å². The van der Waals surface area contributed by atoms with Crippen LogP contribution in [-0.4, -0.2) is 17.9 Å². The lowest BCUT2D eigenvalue weighted by atomic mass is 10.2. The lowest BCUT2D eigenvalue weighted by Gasteiger charge is -2.16. The van der Waals surface area contributed by atoms with E-state index in [0.29, 0.717) is 0 Å². The average molecular weight is 316 g/mol. The molecule has 5 nitrogen and oxygen atoms in total. The summed E-state index contributed by atoms with van der Waals surface area (Å²) in [5, 5.41) is 2.45. The first kappa shape index (κ1) is 16.5. The molecule has 0 aliphatic rings. The van der Waals surface area contributed by atoms with Crippen molar-refractivity contribution in [3.05, 3.63) is 59.4 Å². The van der Waals surface area contributed by atoms with Gasteiger partial charge in [-0.15, -0.1) is 0 Å². The molecule has 1 unspecified atom stereocenters. The van der Waals surface area contributed by atoms with Crippen molar-refractivity contribution in [2.45, 2.75) is 20.0 Å². The Balaban J connectivity index is 2.10. The molecule has 0 aliphatic heterocycles. The number of hydrogen-bond donors (Lipinski definition) is 2. The number of nitrogens with two attached hydrogens (primary N) is 1. The SMILES string of the molecule is Cc1ccc(NC(=O)C(C)Oc2ccccc2C(N)=O)c(F)c1. The van der Waals surface area contributed by atoms with Crippen molar-refractivity contribution in [3.63, 3.8) is 0 Å². The Morgan fingerprint density at radius 3 is 2.57 bits per heavy atom. The van der Waals surface area contributed by atoms with E-state index in [1.807, 2.05) is 0 Å². The highest BCUT2D eigenvalue weighted by Crippen LogP contribution is 2.20. The van der Waals surface area contributed by atoms with Gasteiger partial charge in [0.25, 0.3) is 11.8 Å². The molecule has 2 aromatic rings. The number of para-hydroxylation sites is 1. The van der Waals surface area contributed by atoms with E-state index < -0.39 is 23.7 Å². The Kier molecular flexibility index (Phi) is 4.95. The minimum atomic E-state index is -0.934. The number of halogens is 1. The van der Waals surface area contributed by atoms with E-state index >= 15 is 0 Å². The zero-order valence-corrected chi connectivity index (χ0v) is 12.8. The fourth-order valence-corrected chi connectivity index (χ4v) is 1.97. The van der Waals surface area contributed by atoms with Crippen molar-refractivity contribution in [3.8, 4) is 5.75 Å². The third kappa shape index (κ3) is 4.06. The first-order valence-corrected chi connectivity index (χ1v) is 7.01. The summed E-state index contributed by atoms with van der Waals surface area (Å²) in [7, 11) is 0. The molecule has 0 fully saturated rings. The Labute approximate surface area is 133 Å². The van der Waals surface area contributed by atoms with Crippen LogP contribution in [0.3, 0.4) is 0 Å². The highest BCUT2D eigenvalue weighted by atomic mass is 19.1. The standard InChI is InChI=1S/C17H17FN2O3/c1-10-7-8-14(13(18)9-10)20-17(22)11(2)23-15-6-4-3-5-12(15)16(19)21/h3-9,11H,1-2H3,(H2,19,21)(H,20,22). The summed E-state index contributed by atoms with van der Waals surface area (Å²) >= 11 is 0. The van der Waals surface area contributed by atoms with Gasteiger partial charge in [0.1, 0.15) is 11.6 Å². The van der Waals surface area contributed by atoms with Crippen molar-refractivity contribution < 1.29 is 18.7 Å². The summed E-state index contributed by atoms with van der Waals surface area (Å²) in [6, 6.07) is 10.8. The zero-order chi connectivity index (χ0) is 17.0. The van der Waals surface area contributed by atoms with Gasteiger partial charge in [-0.05, 0) is 43.7 Å². The predicted molar refractivity (Wildman–Crippen MR) is 84.8 cm³/mol. The second-order valence-corrected chi connectivity index (χ2v) is 5.09. The molecule has 0 radical (unpaired) electrons. The van der Waals surface area contributed by atoms with E-state index in [2.05, 4.69) is 5.32 Å². The van der Waals surface area contributed by atoms with Crippen LogP contribution < -0.4 is 15.8 Å². The molecule has 2 amide bonds. The minimum absolute atomic E-state index is 0.0687. The first-order chi connectivity index (χ1) is 10.9. The maximum Gasteiger partial charge on any atom is 0.265 e. The molecule has 2 rings (SSSR count). The lowest BCUT2D eigenvalue weighted by Crippen LogP contribution is -2.31. The van der Waals surface area contributed by atoms with Crippen LogP contribution in [0.4, 0.5) is 10.1 Å². The van der Waals surface area contributed by atoms with Crippen molar-refractivity contribution >= 4 is 17.5 Å². The summed E-state index contributed by atoms with van der Waals surface area (Å²) in [5.41, 5.74) is 6.25. The van der Waals surface area contributed by atoms with Crippen LogP contribution in [-0.2, 0) is 4.79 Å². The number of aryl methyl sites for hydroxylation is 1. The van der Waals surface area contributed by atoms with Gasteiger partial charge in [0, 0.05) is 0 Å². The van der Waals surface area contributed by atoms with E-state index in [1.54, 1.807) is 25.1 Å².